The number of carbonyl (C=O) groups is 1. The van der Waals surface area contributed by atoms with Gasteiger partial charge in [0, 0.05) is 17.5 Å². The van der Waals surface area contributed by atoms with E-state index in [0.717, 1.165) is 40.3 Å². The number of aromatic nitrogens is 2. The third kappa shape index (κ3) is 6.97. The summed E-state index contributed by atoms with van der Waals surface area (Å²) in [7, 11) is -2.16. The van der Waals surface area contributed by atoms with Crippen LogP contribution in [0.1, 0.15) is 93.4 Å². The van der Waals surface area contributed by atoms with Crippen molar-refractivity contribution in [1.82, 2.24) is 20.5 Å². The standard InChI is InChI=1S/C31H43N7O4S/c1-18(2)29-32-16-27(38(29)19(3)4)25-17-37(36-34-25)26-13-21(12-11-20(26)5)30(39)33-23-14-22(31(6,7)8)15-24(28(23)42-9)35-43(10,40)41/h11-19,34-36H,1-10H3,(H,33,39). The van der Waals surface area contributed by atoms with Crippen molar-refractivity contribution in [1.29, 1.82) is 0 Å². The minimum Gasteiger partial charge on any atom is -0.492 e. The van der Waals surface area contributed by atoms with Crippen molar-refractivity contribution in [2.45, 2.75) is 72.8 Å². The maximum absolute atomic E-state index is 13.6. The molecule has 12 heteroatoms. The summed E-state index contributed by atoms with van der Waals surface area (Å²) < 4.78 is 34.5. The average Bonchev–Trinajstić information content (AvgIpc) is 3.55. The number of amides is 1. The largest absolute Gasteiger partial charge is 0.492 e. The molecule has 11 nitrogen and oxygen atoms in total. The maximum Gasteiger partial charge on any atom is 0.255 e. The number of ether oxygens (including phenoxy) is 1. The lowest BCUT2D eigenvalue weighted by molar-refractivity contribution is 0.102. The van der Waals surface area contributed by atoms with Gasteiger partial charge in [0.15, 0.2) is 5.75 Å². The van der Waals surface area contributed by atoms with Crippen LogP contribution >= 0.6 is 0 Å². The number of rotatable bonds is 9. The van der Waals surface area contributed by atoms with E-state index in [0.29, 0.717) is 11.3 Å². The summed E-state index contributed by atoms with van der Waals surface area (Å²) in [6.45, 7) is 16.5. The van der Waals surface area contributed by atoms with Gasteiger partial charge in [0.05, 0.1) is 54.2 Å². The molecule has 1 aliphatic heterocycles. The zero-order chi connectivity index (χ0) is 31.9. The minimum atomic E-state index is -3.60. The number of anilines is 3. The minimum absolute atomic E-state index is 0.222. The summed E-state index contributed by atoms with van der Waals surface area (Å²) in [6.07, 6.45) is 4.90. The summed E-state index contributed by atoms with van der Waals surface area (Å²) in [6, 6.07) is 9.19. The lowest BCUT2D eigenvalue weighted by Gasteiger charge is -2.24. The Labute approximate surface area is 254 Å². The molecule has 0 bridgehead atoms. The smallest absolute Gasteiger partial charge is 0.255 e. The number of carbonyl (C=O) groups excluding carboxylic acids is 1. The van der Waals surface area contributed by atoms with Crippen LogP contribution in [0.4, 0.5) is 17.1 Å². The van der Waals surface area contributed by atoms with E-state index in [4.69, 9.17) is 4.74 Å². The Balaban J connectivity index is 1.68. The van der Waals surface area contributed by atoms with Crippen LogP contribution in [-0.2, 0) is 15.4 Å². The molecule has 0 saturated carbocycles. The van der Waals surface area contributed by atoms with Gasteiger partial charge in [-0.2, -0.15) is 0 Å². The topological polar surface area (TPSA) is 130 Å². The van der Waals surface area contributed by atoms with Crippen molar-refractivity contribution < 1.29 is 17.9 Å². The molecule has 0 fully saturated rings. The molecule has 0 aliphatic carbocycles. The first kappa shape index (κ1) is 31.9. The summed E-state index contributed by atoms with van der Waals surface area (Å²) in [5, 5.41) is 4.78. The molecule has 43 heavy (non-hydrogen) atoms. The molecule has 0 atom stereocenters. The molecule has 4 rings (SSSR count). The molecule has 232 valence electrons. The molecule has 1 aromatic heterocycles. The Morgan fingerprint density at radius 3 is 2.33 bits per heavy atom. The number of aryl methyl sites for hydroxylation is 1. The van der Waals surface area contributed by atoms with E-state index in [2.05, 4.69) is 58.2 Å². The summed E-state index contributed by atoms with van der Waals surface area (Å²) >= 11 is 0. The molecule has 2 heterocycles. The normalized spacial score (nSPS) is 13.8. The highest BCUT2D eigenvalue weighted by Crippen LogP contribution is 2.39. The molecule has 3 aromatic rings. The Bertz CT molecular complexity index is 1670. The van der Waals surface area contributed by atoms with E-state index in [1.807, 2.05) is 57.2 Å². The molecule has 0 spiro atoms. The van der Waals surface area contributed by atoms with Gasteiger partial charge < -0.3 is 14.6 Å². The monoisotopic (exact) mass is 609 g/mol. The number of sulfonamides is 1. The lowest BCUT2D eigenvalue weighted by Crippen LogP contribution is -2.37. The van der Waals surface area contributed by atoms with Crippen LogP contribution in [0.3, 0.4) is 0 Å². The van der Waals surface area contributed by atoms with Crippen molar-refractivity contribution in [2.24, 2.45) is 0 Å². The molecular formula is C31H43N7O4S. The molecule has 0 unspecified atom stereocenters. The molecule has 0 saturated heterocycles. The zero-order valence-corrected chi connectivity index (χ0v) is 27.4. The Hall–Kier alpha value is -4.03. The van der Waals surface area contributed by atoms with Gasteiger partial charge in [-0.05, 0) is 61.6 Å². The molecule has 0 radical (unpaired) electrons. The van der Waals surface area contributed by atoms with Gasteiger partial charge in [-0.1, -0.05) is 40.7 Å². The van der Waals surface area contributed by atoms with Crippen molar-refractivity contribution >= 4 is 38.7 Å². The zero-order valence-electron chi connectivity index (χ0n) is 26.6. The Kier molecular flexibility index (Phi) is 8.85. The summed E-state index contributed by atoms with van der Waals surface area (Å²) in [5.41, 5.74) is 11.5. The van der Waals surface area contributed by atoms with Crippen LogP contribution in [-0.4, -0.2) is 37.2 Å². The van der Waals surface area contributed by atoms with Crippen molar-refractivity contribution in [2.75, 3.05) is 28.4 Å². The second-order valence-corrected chi connectivity index (χ2v) is 14.2. The first-order valence-corrected chi connectivity index (χ1v) is 16.1. The number of imidazole rings is 1. The van der Waals surface area contributed by atoms with Crippen LogP contribution in [0.25, 0.3) is 5.70 Å². The second kappa shape index (κ2) is 11.9. The van der Waals surface area contributed by atoms with Gasteiger partial charge in [-0.3, -0.25) is 20.0 Å². The van der Waals surface area contributed by atoms with E-state index in [9.17, 15) is 13.2 Å². The van der Waals surface area contributed by atoms with Gasteiger partial charge in [-0.15, -0.1) is 5.53 Å². The third-order valence-electron chi connectivity index (χ3n) is 7.14. The van der Waals surface area contributed by atoms with Crippen LogP contribution in [0.2, 0.25) is 0 Å². The highest BCUT2D eigenvalue weighted by Gasteiger charge is 2.25. The average molecular weight is 610 g/mol. The number of hydrogen-bond acceptors (Lipinski definition) is 8. The van der Waals surface area contributed by atoms with E-state index >= 15 is 0 Å². The molecule has 1 amide bonds. The SMILES string of the molecule is COc1c(NC(=O)c2ccc(C)c(N3C=C(c4cnc(C(C)C)n4C(C)C)NN3)c2)cc(C(C)(C)C)cc1NS(C)(=O)=O. The van der Waals surface area contributed by atoms with Gasteiger partial charge in [0.25, 0.3) is 5.91 Å². The molecular weight excluding hydrogens is 566 g/mol. The van der Waals surface area contributed by atoms with Crippen LogP contribution in [0.5, 0.6) is 5.75 Å². The van der Waals surface area contributed by atoms with Crippen molar-refractivity contribution in [3.05, 3.63) is 70.9 Å². The molecule has 2 aromatic carbocycles. The first-order chi connectivity index (χ1) is 20.0. The number of hydrazine groups is 2. The fraction of sp³-hybridized carbons (Fsp3) is 0.419. The Morgan fingerprint density at radius 2 is 1.74 bits per heavy atom. The van der Waals surface area contributed by atoms with E-state index in [1.54, 1.807) is 18.2 Å². The van der Waals surface area contributed by atoms with E-state index in [1.165, 1.54) is 7.11 Å². The van der Waals surface area contributed by atoms with E-state index in [-0.39, 0.29) is 34.7 Å². The first-order valence-electron chi connectivity index (χ1n) is 14.2. The van der Waals surface area contributed by atoms with Crippen LogP contribution in [0, 0.1) is 6.92 Å². The van der Waals surface area contributed by atoms with Gasteiger partial charge in [0.1, 0.15) is 5.82 Å². The van der Waals surface area contributed by atoms with Gasteiger partial charge in [0.2, 0.25) is 10.0 Å². The predicted octanol–water partition coefficient (Wildman–Crippen LogP) is 5.65. The number of hydrogen-bond donors (Lipinski definition) is 4. The Morgan fingerprint density at radius 1 is 1.07 bits per heavy atom. The summed E-state index contributed by atoms with van der Waals surface area (Å²) in [5.74, 6) is 1.15. The third-order valence-corrected chi connectivity index (χ3v) is 7.73. The highest BCUT2D eigenvalue weighted by molar-refractivity contribution is 7.92. The van der Waals surface area contributed by atoms with E-state index < -0.39 is 10.0 Å². The number of methoxy groups -OCH3 is 1. The predicted molar refractivity (Wildman–Crippen MR) is 173 cm³/mol. The second-order valence-electron chi connectivity index (χ2n) is 12.5. The van der Waals surface area contributed by atoms with Crippen molar-refractivity contribution in [3.8, 4) is 5.75 Å². The molecule has 1 aliphatic rings. The fourth-order valence-electron chi connectivity index (χ4n) is 4.97. The maximum atomic E-state index is 13.6. The number of nitrogens with zero attached hydrogens (tertiary/aromatic N) is 3. The quantitative estimate of drug-likeness (QED) is 0.245. The van der Waals surface area contributed by atoms with Crippen molar-refractivity contribution in [3.63, 3.8) is 0 Å². The highest BCUT2D eigenvalue weighted by atomic mass is 32.2. The lowest BCUT2D eigenvalue weighted by atomic mass is 9.86. The summed E-state index contributed by atoms with van der Waals surface area (Å²) in [4.78, 5) is 18.3. The van der Waals surface area contributed by atoms with Gasteiger partial charge >= 0.3 is 0 Å². The van der Waals surface area contributed by atoms with Crippen LogP contribution < -0.4 is 30.7 Å². The number of benzene rings is 2. The van der Waals surface area contributed by atoms with Gasteiger partial charge in [-0.25, -0.2) is 13.4 Å². The fourth-order valence-corrected chi connectivity index (χ4v) is 5.52. The van der Waals surface area contributed by atoms with Crippen LogP contribution in [0.15, 0.2) is 42.7 Å². The molecule has 4 N–H and O–H groups in total. The number of nitrogens with one attached hydrogen (secondary N) is 4.